The largest absolute Gasteiger partial charge is 0.496 e. The summed E-state index contributed by atoms with van der Waals surface area (Å²) in [7, 11) is 3.48. The third-order valence-electron chi connectivity index (χ3n) is 3.64. The van der Waals surface area contributed by atoms with E-state index in [0.29, 0.717) is 5.75 Å². The van der Waals surface area contributed by atoms with Crippen LogP contribution in [0.3, 0.4) is 0 Å². The molecule has 1 aliphatic rings. The van der Waals surface area contributed by atoms with Gasteiger partial charge in [-0.05, 0) is 19.2 Å². The number of nitro groups is 1. The molecule has 0 spiro atoms. The molecule has 0 unspecified atom stereocenters. The predicted octanol–water partition coefficient (Wildman–Crippen LogP) is 0.789. The summed E-state index contributed by atoms with van der Waals surface area (Å²) in [6.45, 7) is 3.69. The van der Waals surface area contributed by atoms with Gasteiger partial charge in [-0.3, -0.25) is 19.8 Å². The first-order chi connectivity index (χ1) is 10.5. The molecule has 8 heteroatoms. The monoisotopic (exact) mass is 308 g/mol. The number of benzene rings is 1. The second-order valence-corrected chi connectivity index (χ2v) is 5.27. The van der Waals surface area contributed by atoms with E-state index in [1.165, 1.54) is 19.2 Å². The summed E-state index contributed by atoms with van der Waals surface area (Å²) in [6.07, 6.45) is 0. The zero-order valence-corrected chi connectivity index (χ0v) is 12.7. The minimum absolute atomic E-state index is 0.175. The molecule has 2 rings (SSSR count). The van der Waals surface area contributed by atoms with Crippen LogP contribution in [0.25, 0.3) is 0 Å². The van der Waals surface area contributed by atoms with E-state index in [9.17, 15) is 14.9 Å². The lowest BCUT2D eigenvalue weighted by atomic mass is 10.2. The highest BCUT2D eigenvalue weighted by atomic mass is 16.6. The van der Waals surface area contributed by atoms with Crippen LogP contribution in [0.4, 0.5) is 11.4 Å². The minimum Gasteiger partial charge on any atom is -0.496 e. The maximum atomic E-state index is 12.1. The van der Waals surface area contributed by atoms with Crippen LogP contribution in [-0.2, 0) is 4.79 Å². The molecule has 0 aromatic heterocycles. The first-order valence-electron chi connectivity index (χ1n) is 7.03. The van der Waals surface area contributed by atoms with Gasteiger partial charge in [-0.2, -0.15) is 0 Å². The predicted molar refractivity (Wildman–Crippen MR) is 82.2 cm³/mol. The second kappa shape index (κ2) is 7.19. The molecule has 8 nitrogen and oxygen atoms in total. The number of rotatable bonds is 5. The van der Waals surface area contributed by atoms with Crippen LogP contribution >= 0.6 is 0 Å². The molecule has 1 aromatic carbocycles. The molecule has 1 aromatic rings. The van der Waals surface area contributed by atoms with Crippen LogP contribution in [0, 0.1) is 10.1 Å². The van der Waals surface area contributed by atoms with Gasteiger partial charge in [-0.25, -0.2) is 0 Å². The van der Waals surface area contributed by atoms with Crippen LogP contribution in [0.15, 0.2) is 18.2 Å². The topological polar surface area (TPSA) is 88.0 Å². The number of nitrogens with zero attached hydrogens (tertiary/aromatic N) is 3. The Morgan fingerprint density at radius 2 is 2.05 bits per heavy atom. The van der Waals surface area contributed by atoms with Gasteiger partial charge >= 0.3 is 0 Å². The highest BCUT2D eigenvalue weighted by Crippen LogP contribution is 2.28. The summed E-state index contributed by atoms with van der Waals surface area (Å²) in [6, 6.07) is 4.36. The number of hydrogen-bond donors (Lipinski definition) is 1. The van der Waals surface area contributed by atoms with Crippen molar-refractivity contribution in [2.45, 2.75) is 0 Å². The van der Waals surface area contributed by atoms with Crippen molar-refractivity contribution in [1.82, 2.24) is 9.80 Å². The average molecular weight is 308 g/mol. The van der Waals surface area contributed by atoms with E-state index in [1.807, 2.05) is 11.9 Å². The van der Waals surface area contributed by atoms with Crippen molar-refractivity contribution in [3.8, 4) is 5.75 Å². The fourth-order valence-electron chi connectivity index (χ4n) is 2.29. The Morgan fingerprint density at radius 3 is 2.64 bits per heavy atom. The number of carbonyl (C=O) groups is 1. The zero-order chi connectivity index (χ0) is 16.1. The molecule has 1 aliphatic heterocycles. The van der Waals surface area contributed by atoms with Crippen molar-refractivity contribution in [1.29, 1.82) is 0 Å². The maximum absolute atomic E-state index is 12.1. The van der Waals surface area contributed by atoms with E-state index in [-0.39, 0.29) is 23.8 Å². The van der Waals surface area contributed by atoms with E-state index in [0.717, 1.165) is 26.2 Å². The Kier molecular flexibility index (Phi) is 5.29. The highest BCUT2D eigenvalue weighted by Gasteiger charge is 2.20. The Labute approximate surface area is 128 Å². The zero-order valence-electron chi connectivity index (χ0n) is 12.7. The number of piperazine rings is 1. The molecule has 0 saturated carbocycles. The van der Waals surface area contributed by atoms with Crippen molar-refractivity contribution in [3.63, 3.8) is 0 Å². The first kappa shape index (κ1) is 16.2. The number of amides is 1. The van der Waals surface area contributed by atoms with Gasteiger partial charge in [0.25, 0.3) is 5.69 Å². The molecular weight excluding hydrogens is 288 g/mol. The summed E-state index contributed by atoms with van der Waals surface area (Å²) in [5.41, 5.74) is 0.0102. The first-order valence-corrected chi connectivity index (χ1v) is 7.03. The SMILES string of the molecule is COc1ccc(NC(=O)CN2CCN(C)CC2)c([N+](=O)[O-])c1. The lowest BCUT2D eigenvalue weighted by molar-refractivity contribution is -0.384. The van der Waals surface area contributed by atoms with Gasteiger partial charge in [0, 0.05) is 26.2 Å². The van der Waals surface area contributed by atoms with Gasteiger partial charge in [0.1, 0.15) is 11.4 Å². The van der Waals surface area contributed by atoms with Crippen LogP contribution < -0.4 is 10.1 Å². The van der Waals surface area contributed by atoms with Gasteiger partial charge in [0.2, 0.25) is 5.91 Å². The van der Waals surface area contributed by atoms with Crippen molar-refractivity contribution >= 4 is 17.3 Å². The number of ether oxygens (including phenoxy) is 1. The highest BCUT2D eigenvalue weighted by molar-refractivity contribution is 5.94. The molecule has 0 bridgehead atoms. The quantitative estimate of drug-likeness (QED) is 0.639. The number of anilines is 1. The van der Waals surface area contributed by atoms with Crippen LogP contribution in [-0.4, -0.2) is 67.5 Å². The molecule has 120 valence electrons. The van der Waals surface area contributed by atoms with Gasteiger partial charge in [0.05, 0.1) is 24.6 Å². The molecule has 0 atom stereocenters. The van der Waals surface area contributed by atoms with Crippen molar-refractivity contribution in [2.24, 2.45) is 0 Å². The molecule has 1 N–H and O–H groups in total. The Morgan fingerprint density at radius 1 is 1.36 bits per heavy atom. The average Bonchev–Trinajstić information content (AvgIpc) is 2.49. The number of carbonyl (C=O) groups excluding carboxylic acids is 1. The molecular formula is C14H20N4O4. The molecule has 0 radical (unpaired) electrons. The van der Waals surface area contributed by atoms with Crippen molar-refractivity contribution in [2.75, 3.05) is 52.2 Å². The lowest BCUT2D eigenvalue weighted by Crippen LogP contribution is -2.47. The lowest BCUT2D eigenvalue weighted by Gasteiger charge is -2.31. The third kappa shape index (κ3) is 4.15. The molecule has 22 heavy (non-hydrogen) atoms. The van der Waals surface area contributed by atoms with Gasteiger partial charge < -0.3 is 15.0 Å². The summed E-state index contributed by atoms with van der Waals surface area (Å²) in [5, 5.41) is 13.7. The van der Waals surface area contributed by atoms with Gasteiger partial charge in [-0.1, -0.05) is 0 Å². The molecule has 1 fully saturated rings. The van der Waals surface area contributed by atoms with E-state index < -0.39 is 4.92 Å². The minimum atomic E-state index is -0.534. The van der Waals surface area contributed by atoms with E-state index in [1.54, 1.807) is 6.07 Å². The third-order valence-corrected chi connectivity index (χ3v) is 3.64. The smallest absolute Gasteiger partial charge is 0.296 e. The Bertz CT molecular complexity index is 556. The fourth-order valence-corrected chi connectivity index (χ4v) is 2.29. The standard InChI is InChI=1S/C14H20N4O4/c1-16-5-7-17(8-6-16)10-14(19)15-12-4-3-11(22-2)9-13(12)18(20)21/h3-4,9H,5-8,10H2,1-2H3,(H,15,19). The van der Waals surface area contributed by atoms with Gasteiger partial charge in [-0.15, -0.1) is 0 Å². The van der Waals surface area contributed by atoms with E-state index >= 15 is 0 Å². The van der Waals surface area contributed by atoms with Crippen molar-refractivity contribution in [3.05, 3.63) is 28.3 Å². The Balaban J connectivity index is 2.00. The van der Waals surface area contributed by atoms with Gasteiger partial charge in [0.15, 0.2) is 0 Å². The number of likely N-dealkylation sites (N-methyl/N-ethyl adjacent to an activating group) is 1. The summed E-state index contributed by atoms with van der Waals surface area (Å²) < 4.78 is 4.97. The van der Waals surface area contributed by atoms with Crippen LogP contribution in [0.5, 0.6) is 5.75 Å². The van der Waals surface area contributed by atoms with Crippen molar-refractivity contribution < 1.29 is 14.5 Å². The van der Waals surface area contributed by atoms with E-state index in [4.69, 9.17) is 4.74 Å². The summed E-state index contributed by atoms with van der Waals surface area (Å²) in [4.78, 5) is 26.8. The number of hydrogen-bond acceptors (Lipinski definition) is 6. The second-order valence-electron chi connectivity index (χ2n) is 5.27. The molecule has 1 amide bonds. The Hall–Kier alpha value is -2.19. The van der Waals surface area contributed by atoms with Crippen LogP contribution in [0.2, 0.25) is 0 Å². The van der Waals surface area contributed by atoms with Crippen LogP contribution in [0.1, 0.15) is 0 Å². The summed E-state index contributed by atoms with van der Waals surface area (Å²) in [5.74, 6) is 0.126. The maximum Gasteiger partial charge on any atom is 0.296 e. The molecule has 1 heterocycles. The number of nitrogens with one attached hydrogen (secondary N) is 1. The summed E-state index contributed by atoms with van der Waals surface area (Å²) >= 11 is 0. The normalized spacial score (nSPS) is 16.3. The fraction of sp³-hybridized carbons (Fsp3) is 0.500. The van der Waals surface area contributed by atoms with E-state index in [2.05, 4.69) is 10.2 Å². The number of nitro benzene ring substituents is 1. The molecule has 0 aliphatic carbocycles. The number of methoxy groups -OCH3 is 1. The molecule has 1 saturated heterocycles.